The molecule has 1 fully saturated rings. The van der Waals surface area contributed by atoms with Crippen LogP contribution in [-0.2, 0) is 0 Å². The predicted molar refractivity (Wildman–Crippen MR) is 122 cm³/mol. The van der Waals surface area contributed by atoms with Crippen molar-refractivity contribution in [3.63, 3.8) is 0 Å². The predicted octanol–water partition coefficient (Wildman–Crippen LogP) is 5.70. The highest BCUT2D eigenvalue weighted by Crippen LogP contribution is 2.32. The van der Waals surface area contributed by atoms with Crippen LogP contribution in [0.3, 0.4) is 0 Å². The number of anilines is 2. The molecule has 30 heavy (non-hydrogen) atoms. The number of fused-ring (bicyclic) bond motifs is 1. The van der Waals surface area contributed by atoms with Crippen molar-refractivity contribution in [1.82, 2.24) is 14.9 Å². The summed E-state index contributed by atoms with van der Waals surface area (Å²) < 4.78 is 0. The van der Waals surface area contributed by atoms with Gasteiger partial charge in [0, 0.05) is 35.6 Å². The smallest absolute Gasteiger partial charge is 0.257 e. The molecule has 2 aromatic heterocycles. The summed E-state index contributed by atoms with van der Waals surface area (Å²) in [6, 6.07) is 10.6. The first-order valence-corrected chi connectivity index (χ1v) is 10.9. The molecule has 0 bridgehead atoms. The summed E-state index contributed by atoms with van der Waals surface area (Å²) in [6.45, 7) is 9.09. The molecule has 0 unspecified atom stereocenters. The molecule has 0 saturated carbocycles. The van der Waals surface area contributed by atoms with Gasteiger partial charge in [0.05, 0.1) is 11.3 Å². The van der Waals surface area contributed by atoms with Crippen molar-refractivity contribution in [1.29, 1.82) is 0 Å². The number of rotatable bonds is 4. The van der Waals surface area contributed by atoms with E-state index < -0.39 is 0 Å². The minimum Gasteiger partial charge on any atom is -0.354 e. The maximum absolute atomic E-state index is 13.7. The van der Waals surface area contributed by atoms with Gasteiger partial charge in [-0.2, -0.15) is 0 Å². The van der Waals surface area contributed by atoms with E-state index in [2.05, 4.69) is 54.3 Å². The third kappa shape index (κ3) is 4.02. The fourth-order valence-electron chi connectivity index (χ4n) is 4.51. The summed E-state index contributed by atoms with van der Waals surface area (Å²) in [5.41, 5.74) is 6.31. The van der Waals surface area contributed by atoms with E-state index in [0.717, 1.165) is 48.3 Å². The highest BCUT2D eigenvalue weighted by molar-refractivity contribution is 6.07. The Hall–Kier alpha value is -2.95. The van der Waals surface area contributed by atoms with Gasteiger partial charge >= 0.3 is 0 Å². The Morgan fingerprint density at radius 2 is 1.90 bits per heavy atom. The number of carbonyl (C=O) groups is 1. The Bertz CT molecular complexity index is 1070. The monoisotopic (exact) mass is 402 g/mol. The Balaban J connectivity index is 1.83. The van der Waals surface area contributed by atoms with E-state index in [9.17, 15) is 4.79 Å². The van der Waals surface area contributed by atoms with Crippen LogP contribution < -0.4 is 5.32 Å². The first-order valence-electron chi connectivity index (χ1n) is 10.9. The molecule has 0 spiro atoms. The van der Waals surface area contributed by atoms with E-state index >= 15 is 0 Å². The number of nitrogens with one attached hydrogen (secondary N) is 1. The van der Waals surface area contributed by atoms with Crippen molar-refractivity contribution in [2.75, 3.05) is 11.9 Å². The number of aromatic nitrogens is 2. The molecule has 156 valence electrons. The van der Waals surface area contributed by atoms with Crippen molar-refractivity contribution in [3.8, 4) is 0 Å². The molecule has 5 heteroatoms. The zero-order chi connectivity index (χ0) is 21.3. The Kier molecular flexibility index (Phi) is 5.71. The maximum Gasteiger partial charge on any atom is 0.257 e. The second-order valence-electron chi connectivity index (χ2n) is 8.43. The van der Waals surface area contributed by atoms with Crippen LogP contribution in [0.4, 0.5) is 11.4 Å². The van der Waals surface area contributed by atoms with Gasteiger partial charge in [0.1, 0.15) is 0 Å². The maximum atomic E-state index is 13.7. The molecule has 0 aliphatic carbocycles. The van der Waals surface area contributed by atoms with Gasteiger partial charge in [-0.05, 0) is 81.8 Å². The SMILES string of the molecule is CC[C@@H]1CCCCN1C(=O)c1cnc2nc(C)ccc2c1Nc1cc(C)cc(C)c1. The summed E-state index contributed by atoms with van der Waals surface area (Å²) >= 11 is 0. The summed E-state index contributed by atoms with van der Waals surface area (Å²) in [4.78, 5) is 24.8. The lowest BCUT2D eigenvalue weighted by molar-refractivity contribution is 0.0609. The van der Waals surface area contributed by atoms with Gasteiger partial charge < -0.3 is 10.2 Å². The number of piperidine rings is 1. The molecule has 4 rings (SSSR count). The van der Waals surface area contributed by atoms with Gasteiger partial charge in [-0.15, -0.1) is 0 Å². The Labute approximate surface area is 178 Å². The van der Waals surface area contributed by atoms with Crippen LogP contribution >= 0.6 is 0 Å². The fraction of sp³-hybridized carbons (Fsp3) is 0.400. The number of benzene rings is 1. The first-order chi connectivity index (χ1) is 14.5. The van der Waals surface area contributed by atoms with Crippen molar-refractivity contribution in [3.05, 3.63) is 58.9 Å². The average molecular weight is 403 g/mol. The van der Waals surface area contributed by atoms with Crippen molar-refractivity contribution in [2.24, 2.45) is 0 Å². The largest absolute Gasteiger partial charge is 0.354 e. The van der Waals surface area contributed by atoms with Crippen LogP contribution in [0.2, 0.25) is 0 Å². The number of aryl methyl sites for hydroxylation is 3. The molecule has 1 atom stereocenters. The molecule has 1 saturated heterocycles. The summed E-state index contributed by atoms with van der Waals surface area (Å²) in [5, 5.41) is 4.41. The molecule has 1 aliphatic rings. The molecule has 1 aromatic carbocycles. The molecular weight excluding hydrogens is 372 g/mol. The van der Waals surface area contributed by atoms with Crippen LogP contribution in [0.25, 0.3) is 11.0 Å². The van der Waals surface area contributed by atoms with Crippen LogP contribution in [0, 0.1) is 20.8 Å². The highest BCUT2D eigenvalue weighted by atomic mass is 16.2. The van der Waals surface area contributed by atoms with Gasteiger partial charge in [0.25, 0.3) is 5.91 Å². The molecule has 1 amide bonds. The number of hydrogen-bond acceptors (Lipinski definition) is 4. The second kappa shape index (κ2) is 8.42. The van der Waals surface area contributed by atoms with Crippen molar-refractivity contribution < 1.29 is 4.79 Å². The molecule has 3 aromatic rings. The Morgan fingerprint density at radius 1 is 1.13 bits per heavy atom. The zero-order valence-electron chi connectivity index (χ0n) is 18.3. The summed E-state index contributed by atoms with van der Waals surface area (Å²) in [6.07, 6.45) is 6.00. The number of amides is 1. The number of pyridine rings is 2. The third-order valence-corrected chi connectivity index (χ3v) is 5.95. The first kappa shape index (κ1) is 20.3. The molecule has 3 heterocycles. The highest BCUT2D eigenvalue weighted by Gasteiger charge is 2.28. The van der Waals surface area contributed by atoms with E-state index in [4.69, 9.17) is 0 Å². The van der Waals surface area contributed by atoms with Gasteiger partial charge in [0.2, 0.25) is 0 Å². The van der Waals surface area contributed by atoms with Crippen molar-refractivity contribution >= 4 is 28.3 Å². The lowest BCUT2D eigenvalue weighted by Crippen LogP contribution is -2.43. The number of hydrogen-bond donors (Lipinski definition) is 1. The van der Waals surface area contributed by atoms with Gasteiger partial charge in [-0.1, -0.05) is 13.0 Å². The van der Waals surface area contributed by atoms with Crippen LogP contribution in [0.5, 0.6) is 0 Å². The quantitative estimate of drug-likeness (QED) is 0.608. The minimum atomic E-state index is 0.0587. The van der Waals surface area contributed by atoms with Crippen molar-refractivity contribution in [2.45, 2.75) is 59.4 Å². The average Bonchev–Trinajstić information content (AvgIpc) is 2.72. The van der Waals surface area contributed by atoms with Crippen LogP contribution in [0.15, 0.2) is 36.5 Å². The summed E-state index contributed by atoms with van der Waals surface area (Å²) in [5.74, 6) is 0.0587. The summed E-state index contributed by atoms with van der Waals surface area (Å²) in [7, 11) is 0. The number of carbonyl (C=O) groups excluding carboxylic acids is 1. The standard InChI is InChI=1S/C25H30N4O/c1-5-20-8-6-7-11-29(20)25(30)22-15-26-24-21(10-9-18(4)27-24)23(22)28-19-13-16(2)12-17(3)14-19/h9-10,12-15,20H,5-8,11H2,1-4H3,(H,26,27,28)/t20-/m1/s1. The molecule has 1 aliphatic heterocycles. The molecule has 1 N–H and O–H groups in total. The fourth-order valence-corrected chi connectivity index (χ4v) is 4.51. The molecule has 0 radical (unpaired) electrons. The second-order valence-corrected chi connectivity index (χ2v) is 8.43. The minimum absolute atomic E-state index is 0.0587. The zero-order valence-corrected chi connectivity index (χ0v) is 18.3. The number of likely N-dealkylation sites (tertiary alicyclic amines) is 1. The van der Waals surface area contributed by atoms with Crippen LogP contribution in [0.1, 0.15) is 59.8 Å². The normalized spacial score (nSPS) is 16.7. The van der Waals surface area contributed by atoms with E-state index in [1.807, 2.05) is 24.0 Å². The molecular formula is C25H30N4O. The van der Waals surface area contributed by atoms with E-state index in [1.54, 1.807) is 6.20 Å². The Morgan fingerprint density at radius 3 is 2.63 bits per heavy atom. The topological polar surface area (TPSA) is 58.1 Å². The van der Waals surface area contributed by atoms with Gasteiger partial charge in [-0.25, -0.2) is 9.97 Å². The number of nitrogens with zero attached hydrogens (tertiary/aromatic N) is 3. The lowest BCUT2D eigenvalue weighted by atomic mass is 9.98. The van der Waals surface area contributed by atoms with Gasteiger partial charge in [-0.3, -0.25) is 4.79 Å². The van der Waals surface area contributed by atoms with Gasteiger partial charge in [0.15, 0.2) is 5.65 Å². The third-order valence-electron chi connectivity index (χ3n) is 5.95. The van der Waals surface area contributed by atoms with E-state index in [-0.39, 0.29) is 5.91 Å². The molecule has 5 nitrogen and oxygen atoms in total. The van der Waals surface area contributed by atoms with Crippen LogP contribution in [-0.4, -0.2) is 33.4 Å². The van der Waals surface area contributed by atoms with E-state index in [1.165, 1.54) is 17.5 Å². The van der Waals surface area contributed by atoms with E-state index in [0.29, 0.717) is 17.3 Å². The lowest BCUT2D eigenvalue weighted by Gasteiger charge is -2.35.